The lowest BCUT2D eigenvalue weighted by molar-refractivity contribution is -0.857. The van der Waals surface area contributed by atoms with Crippen LogP contribution in [0.1, 0.15) is 31.0 Å². The van der Waals surface area contributed by atoms with E-state index in [0.29, 0.717) is 41.5 Å². The van der Waals surface area contributed by atoms with Crippen LogP contribution in [0.15, 0.2) is 84.4 Å². The van der Waals surface area contributed by atoms with Crippen LogP contribution in [0.4, 0.5) is 0 Å². The summed E-state index contributed by atoms with van der Waals surface area (Å²) in [4.78, 5) is 29.0. The number of likely N-dealkylation sites (N-methyl/N-ethyl adjacent to an activating group) is 1. The molecule has 7 nitrogen and oxygen atoms in total. The molecule has 1 saturated heterocycles. The predicted octanol–water partition coefficient (Wildman–Crippen LogP) is 2.63. The molecule has 1 aliphatic heterocycles. The molecule has 0 bridgehead atoms. The zero-order valence-electron chi connectivity index (χ0n) is 21.6. The van der Waals surface area contributed by atoms with Gasteiger partial charge in [0.05, 0.1) is 39.3 Å². The number of ketones is 1. The summed E-state index contributed by atoms with van der Waals surface area (Å²) < 4.78 is 11.7. The number of nitrogens with one attached hydrogen (secondary N) is 1. The van der Waals surface area contributed by atoms with Crippen molar-refractivity contribution in [3.05, 3.63) is 95.6 Å². The second-order valence-electron chi connectivity index (χ2n) is 9.61. The molecule has 3 aromatic carbocycles. The van der Waals surface area contributed by atoms with Crippen LogP contribution in [-0.2, 0) is 9.59 Å². The standard InChI is InChI=1S/C30H32N2O5/c1-20(2)36-24-15-13-21(14-16-24)28(33)26-27(32(18-17-31(3)4)30(35)29(26)34)22-9-8-12-25(19-22)37-23-10-6-5-7-11-23/h5-16,19-20,27,33H,17-18H2,1-4H3. The maximum Gasteiger partial charge on any atom is 0.295 e. The summed E-state index contributed by atoms with van der Waals surface area (Å²) in [5.74, 6) is -0.0490. The van der Waals surface area contributed by atoms with Gasteiger partial charge in [-0.1, -0.05) is 48.2 Å². The predicted molar refractivity (Wildman–Crippen MR) is 139 cm³/mol. The Kier molecular flexibility index (Phi) is 7.94. The minimum absolute atomic E-state index is 0.00731. The van der Waals surface area contributed by atoms with E-state index < -0.39 is 23.5 Å². The average Bonchev–Trinajstić information content (AvgIpc) is 3.13. The third-order valence-electron chi connectivity index (χ3n) is 6.02. The van der Waals surface area contributed by atoms with Crippen molar-refractivity contribution >= 4 is 17.4 Å². The van der Waals surface area contributed by atoms with Crippen molar-refractivity contribution in [3.8, 4) is 17.2 Å². The first-order chi connectivity index (χ1) is 17.7. The van der Waals surface area contributed by atoms with Crippen molar-refractivity contribution in [3.63, 3.8) is 0 Å². The number of likely N-dealkylation sites (tertiary alicyclic amines) is 1. The first kappa shape index (κ1) is 26.0. The van der Waals surface area contributed by atoms with Gasteiger partial charge in [0.25, 0.3) is 5.91 Å². The zero-order chi connectivity index (χ0) is 26.5. The van der Waals surface area contributed by atoms with Gasteiger partial charge in [-0.2, -0.15) is 0 Å². The van der Waals surface area contributed by atoms with Crippen LogP contribution in [0.25, 0.3) is 5.76 Å². The lowest BCUT2D eigenvalue weighted by Gasteiger charge is -2.28. The van der Waals surface area contributed by atoms with Gasteiger partial charge in [-0.05, 0) is 61.4 Å². The molecule has 37 heavy (non-hydrogen) atoms. The van der Waals surface area contributed by atoms with Crippen LogP contribution in [-0.4, -0.2) is 49.9 Å². The number of carbonyl (C=O) groups is 2. The summed E-state index contributed by atoms with van der Waals surface area (Å²) in [6.07, 6.45) is -0.00731. The maximum atomic E-state index is 13.7. The maximum absolute atomic E-state index is 13.7. The fourth-order valence-corrected chi connectivity index (χ4v) is 4.28. The Morgan fingerprint density at radius 1 is 0.919 bits per heavy atom. The number of hydrogen-bond acceptors (Lipinski definition) is 5. The van der Waals surface area contributed by atoms with Crippen LogP contribution in [0.5, 0.6) is 17.2 Å². The molecule has 0 radical (unpaired) electrons. The summed E-state index contributed by atoms with van der Waals surface area (Å²) in [6.45, 7) is 4.79. The molecule has 1 N–H and O–H groups in total. The lowest BCUT2D eigenvalue weighted by atomic mass is 9.95. The zero-order valence-corrected chi connectivity index (χ0v) is 21.6. The van der Waals surface area contributed by atoms with Crippen LogP contribution in [0, 0.1) is 0 Å². The molecule has 1 unspecified atom stereocenters. The van der Waals surface area contributed by atoms with Gasteiger partial charge < -0.3 is 24.4 Å². The molecular weight excluding hydrogens is 468 g/mol. The van der Waals surface area contributed by atoms with Gasteiger partial charge in [-0.3, -0.25) is 9.59 Å². The van der Waals surface area contributed by atoms with E-state index in [1.54, 1.807) is 42.5 Å². The highest BCUT2D eigenvalue weighted by Gasteiger charge is 2.44. The molecule has 192 valence electrons. The van der Waals surface area contributed by atoms with Crippen molar-refractivity contribution in [1.29, 1.82) is 0 Å². The Labute approximate surface area is 217 Å². The van der Waals surface area contributed by atoms with Gasteiger partial charge in [0.1, 0.15) is 17.2 Å². The summed E-state index contributed by atoms with van der Waals surface area (Å²) in [7, 11) is 3.95. The highest BCUT2D eigenvalue weighted by molar-refractivity contribution is 6.46. The van der Waals surface area contributed by atoms with E-state index in [9.17, 15) is 14.7 Å². The average molecular weight is 501 g/mol. The molecular formula is C30H32N2O5. The number of Topliss-reactive ketones (excluding diaryl/α,β-unsaturated/α-hetero) is 1. The Morgan fingerprint density at radius 3 is 2.24 bits per heavy atom. The van der Waals surface area contributed by atoms with Gasteiger partial charge >= 0.3 is 0 Å². The number of para-hydroxylation sites is 1. The first-order valence-electron chi connectivity index (χ1n) is 12.4. The molecule has 1 heterocycles. The van der Waals surface area contributed by atoms with Crippen molar-refractivity contribution < 1.29 is 29.1 Å². The van der Waals surface area contributed by atoms with Crippen molar-refractivity contribution in [1.82, 2.24) is 4.90 Å². The van der Waals surface area contributed by atoms with Crippen LogP contribution in [0.3, 0.4) is 0 Å². The van der Waals surface area contributed by atoms with E-state index in [4.69, 9.17) is 9.47 Å². The van der Waals surface area contributed by atoms with Crippen molar-refractivity contribution in [2.45, 2.75) is 26.0 Å². The number of rotatable bonds is 9. The van der Waals surface area contributed by atoms with Gasteiger partial charge in [0, 0.05) is 5.57 Å². The molecule has 0 aromatic heterocycles. The molecule has 1 atom stereocenters. The lowest BCUT2D eigenvalue weighted by Crippen LogP contribution is -3.06. The SMILES string of the molecule is CC(C)Oc1ccc(C([O-])=C2C(=O)C(=O)N(CC[NH+](C)C)C2c2cccc(Oc3ccccc3)c2)cc1. The minimum Gasteiger partial charge on any atom is -0.872 e. The number of quaternary nitrogens is 1. The first-order valence-corrected chi connectivity index (χ1v) is 12.4. The van der Waals surface area contributed by atoms with Crippen LogP contribution in [0.2, 0.25) is 0 Å². The molecule has 0 spiro atoms. The topological polar surface area (TPSA) is 83.3 Å². The van der Waals surface area contributed by atoms with Gasteiger partial charge in [-0.15, -0.1) is 0 Å². The summed E-state index contributed by atoms with van der Waals surface area (Å²) in [5.41, 5.74) is 0.923. The van der Waals surface area contributed by atoms with Crippen molar-refractivity contribution in [2.75, 3.05) is 27.2 Å². The number of amides is 1. The van der Waals surface area contributed by atoms with E-state index in [-0.39, 0.29) is 11.7 Å². The molecule has 0 aliphatic carbocycles. The highest BCUT2D eigenvalue weighted by atomic mass is 16.5. The third-order valence-corrected chi connectivity index (χ3v) is 6.02. The van der Waals surface area contributed by atoms with Gasteiger partial charge in [-0.25, -0.2) is 0 Å². The second-order valence-corrected chi connectivity index (χ2v) is 9.61. The number of ether oxygens (including phenoxy) is 2. The second kappa shape index (κ2) is 11.3. The molecule has 1 amide bonds. The molecule has 3 aromatic rings. The van der Waals surface area contributed by atoms with Crippen LogP contribution >= 0.6 is 0 Å². The van der Waals surface area contributed by atoms with E-state index in [2.05, 4.69) is 0 Å². The van der Waals surface area contributed by atoms with Crippen LogP contribution < -0.4 is 19.5 Å². The Bertz CT molecular complexity index is 1280. The molecule has 1 fully saturated rings. The summed E-state index contributed by atoms with van der Waals surface area (Å²) >= 11 is 0. The van der Waals surface area contributed by atoms with Gasteiger partial charge in [0.15, 0.2) is 0 Å². The Morgan fingerprint density at radius 2 is 1.59 bits per heavy atom. The highest BCUT2D eigenvalue weighted by Crippen LogP contribution is 2.40. The van der Waals surface area contributed by atoms with E-state index in [1.165, 1.54) is 4.90 Å². The minimum atomic E-state index is -0.808. The van der Waals surface area contributed by atoms with E-state index in [0.717, 1.165) is 4.90 Å². The largest absolute Gasteiger partial charge is 0.872 e. The monoisotopic (exact) mass is 500 g/mol. The van der Waals surface area contributed by atoms with Crippen molar-refractivity contribution in [2.24, 2.45) is 0 Å². The smallest absolute Gasteiger partial charge is 0.295 e. The number of nitrogens with zero attached hydrogens (tertiary/aromatic N) is 1. The summed E-state index contributed by atoms with van der Waals surface area (Å²) in [5, 5.41) is 13.7. The fourth-order valence-electron chi connectivity index (χ4n) is 4.28. The number of carbonyl (C=O) groups excluding carboxylic acids is 2. The Balaban J connectivity index is 1.76. The molecule has 1 aliphatic rings. The molecule has 7 heteroatoms. The van der Waals surface area contributed by atoms with Gasteiger partial charge in [0.2, 0.25) is 5.78 Å². The summed E-state index contributed by atoms with van der Waals surface area (Å²) in [6, 6.07) is 22.4. The normalized spacial score (nSPS) is 17.0. The fraction of sp³-hybridized carbons (Fsp3) is 0.267. The molecule has 0 saturated carbocycles. The molecule has 4 rings (SSSR count). The van der Waals surface area contributed by atoms with E-state index in [1.807, 2.05) is 64.3 Å². The van der Waals surface area contributed by atoms with E-state index >= 15 is 0 Å². The number of hydrogen-bond donors (Lipinski definition) is 1. The quantitative estimate of drug-likeness (QED) is 0.278. The third kappa shape index (κ3) is 6.01. The number of benzene rings is 3. The Hall–Kier alpha value is -4.10.